The van der Waals surface area contributed by atoms with E-state index < -0.39 is 0 Å². The summed E-state index contributed by atoms with van der Waals surface area (Å²) >= 11 is 0. The summed E-state index contributed by atoms with van der Waals surface area (Å²) in [7, 11) is 0.368. The summed E-state index contributed by atoms with van der Waals surface area (Å²) in [5, 5.41) is 0. The van der Waals surface area contributed by atoms with E-state index in [4.69, 9.17) is 0 Å². The van der Waals surface area contributed by atoms with E-state index in [1.54, 1.807) is 24.6 Å². The molecule has 35 heavy (non-hydrogen) atoms. The first-order valence-corrected chi connectivity index (χ1v) is 20.1. The van der Waals surface area contributed by atoms with Crippen LogP contribution >= 0.6 is 15.8 Å². The van der Waals surface area contributed by atoms with E-state index >= 15 is 0 Å². The van der Waals surface area contributed by atoms with Gasteiger partial charge in [0.1, 0.15) is 0 Å². The van der Waals surface area contributed by atoms with Gasteiger partial charge in [0, 0.05) is 4.90 Å². The molecule has 0 atom stereocenters. The minimum absolute atomic E-state index is 0.184. The summed E-state index contributed by atoms with van der Waals surface area (Å²) in [6.07, 6.45) is 38.7. The number of hydrogen-bond acceptors (Lipinski definition) is 0. The Balaban J connectivity index is 5.41. The molecule has 0 nitrogen and oxygen atoms in total. The maximum Gasteiger partial charge on any atom is 0.0101 e. The van der Waals surface area contributed by atoms with Gasteiger partial charge in [-0.3, -0.25) is 0 Å². The van der Waals surface area contributed by atoms with Gasteiger partial charge in [-0.15, -0.1) is 0 Å². The van der Waals surface area contributed by atoms with Crippen LogP contribution in [-0.2, 0) is 0 Å². The molecule has 0 aromatic rings. The fraction of sp³-hybridized carbons (Fsp3) is 1.00. The van der Waals surface area contributed by atoms with Crippen LogP contribution in [0.2, 0.25) is 0 Å². The van der Waals surface area contributed by atoms with Gasteiger partial charge in [-0.05, 0) is 63.2 Å². The highest BCUT2D eigenvalue weighted by Gasteiger charge is 2.40. The lowest BCUT2D eigenvalue weighted by atomic mass is 10.2. The van der Waals surface area contributed by atoms with Crippen molar-refractivity contribution in [1.82, 2.24) is 0 Å². The second-order valence-electron chi connectivity index (χ2n) is 11.3. The second-order valence-corrected chi connectivity index (χ2v) is 17.3. The Morgan fingerprint density at radius 2 is 0.543 bits per heavy atom. The summed E-state index contributed by atoms with van der Waals surface area (Å²) in [6, 6.07) is 0. The lowest BCUT2D eigenvalue weighted by Gasteiger charge is -2.47. The van der Waals surface area contributed by atoms with Crippen molar-refractivity contribution in [3.8, 4) is 0 Å². The van der Waals surface area contributed by atoms with Crippen LogP contribution in [0.25, 0.3) is 0 Å². The molecule has 2 heteroatoms. The van der Waals surface area contributed by atoms with Crippen LogP contribution in [0.4, 0.5) is 0 Å². The van der Waals surface area contributed by atoms with E-state index in [0.29, 0.717) is 0 Å². The Labute approximate surface area is 227 Å². The van der Waals surface area contributed by atoms with Crippen LogP contribution < -0.4 is 0 Å². The smallest absolute Gasteiger partial charge is 0.0101 e. The Morgan fingerprint density at radius 3 is 0.743 bits per heavy atom. The SMILES string of the molecule is CCCCCCCP(CCCCCCC)C(CC)(CC)P(CCCCCCC)CCCCCCC. The molecule has 0 aromatic carbocycles. The molecule has 0 aliphatic carbocycles. The normalized spacial score (nSPS) is 12.3. The fourth-order valence-electron chi connectivity index (χ4n) is 6.03. The minimum Gasteiger partial charge on any atom is -0.0959 e. The fourth-order valence-corrected chi connectivity index (χ4v) is 15.1. The van der Waals surface area contributed by atoms with Crippen molar-refractivity contribution in [1.29, 1.82) is 0 Å². The van der Waals surface area contributed by atoms with Gasteiger partial charge < -0.3 is 0 Å². The van der Waals surface area contributed by atoms with E-state index in [1.807, 2.05) is 0 Å². The van der Waals surface area contributed by atoms with Gasteiger partial charge in [-0.2, -0.15) is 0 Å². The van der Waals surface area contributed by atoms with Crippen molar-refractivity contribution in [2.24, 2.45) is 0 Å². The van der Waals surface area contributed by atoms with Gasteiger partial charge >= 0.3 is 0 Å². The molecule has 0 aromatic heterocycles. The van der Waals surface area contributed by atoms with Gasteiger partial charge in [-0.1, -0.05) is 160 Å². The van der Waals surface area contributed by atoms with Crippen LogP contribution in [0, 0.1) is 0 Å². The Morgan fingerprint density at radius 1 is 0.314 bits per heavy atom. The molecule has 0 unspecified atom stereocenters. The standard InChI is InChI=1S/C33H70P2/c1-7-13-17-21-25-29-34(30-26-22-18-14-8-2)33(11-5,12-6)35(31-27-23-19-15-9-3)32-28-24-20-16-10-4/h7-32H2,1-6H3. The summed E-state index contributed by atoms with van der Waals surface area (Å²) in [5.74, 6) is 0. The third-order valence-corrected chi connectivity index (χ3v) is 17.2. The third-order valence-electron chi connectivity index (χ3n) is 8.44. The molecule has 0 saturated carbocycles. The Kier molecular flexibility index (Phi) is 27.1. The van der Waals surface area contributed by atoms with Gasteiger partial charge in [0.05, 0.1) is 0 Å². The summed E-state index contributed by atoms with van der Waals surface area (Å²) in [5.41, 5.74) is 0. The van der Waals surface area contributed by atoms with E-state index in [0.717, 1.165) is 4.90 Å². The number of unbranched alkanes of at least 4 members (excludes halogenated alkanes) is 16. The molecule has 0 spiro atoms. The van der Waals surface area contributed by atoms with E-state index in [-0.39, 0.29) is 15.8 Å². The molecule has 0 rings (SSSR count). The van der Waals surface area contributed by atoms with Crippen LogP contribution in [-0.4, -0.2) is 29.5 Å². The highest BCUT2D eigenvalue weighted by Crippen LogP contribution is 2.71. The Bertz CT molecular complexity index is 342. The largest absolute Gasteiger partial charge is 0.0959 e. The van der Waals surface area contributed by atoms with E-state index in [2.05, 4.69) is 41.5 Å². The zero-order chi connectivity index (χ0) is 26.0. The zero-order valence-corrected chi connectivity index (χ0v) is 27.6. The van der Waals surface area contributed by atoms with Crippen LogP contribution in [0.1, 0.15) is 183 Å². The van der Waals surface area contributed by atoms with Crippen LogP contribution in [0.15, 0.2) is 0 Å². The molecule has 0 bridgehead atoms. The number of hydrogen-bond donors (Lipinski definition) is 0. The average Bonchev–Trinajstić information content (AvgIpc) is 2.87. The minimum atomic E-state index is 0.184. The lowest BCUT2D eigenvalue weighted by Crippen LogP contribution is -2.28. The molecule has 0 radical (unpaired) electrons. The Hall–Kier alpha value is 0.860. The predicted octanol–water partition coefficient (Wildman–Crippen LogP) is 13.3. The first kappa shape index (κ1) is 35.9. The van der Waals surface area contributed by atoms with Crippen LogP contribution in [0.3, 0.4) is 0 Å². The molecule has 0 fully saturated rings. The highest BCUT2D eigenvalue weighted by atomic mass is 31.2. The molecular formula is C33H70P2. The maximum atomic E-state index is 2.61. The van der Waals surface area contributed by atoms with E-state index in [9.17, 15) is 0 Å². The zero-order valence-electron chi connectivity index (χ0n) is 25.8. The summed E-state index contributed by atoms with van der Waals surface area (Å²) in [6.45, 7) is 14.6. The molecule has 0 saturated heterocycles. The molecule has 212 valence electrons. The molecular weight excluding hydrogens is 458 g/mol. The van der Waals surface area contributed by atoms with Gasteiger partial charge in [0.2, 0.25) is 0 Å². The molecule has 0 heterocycles. The monoisotopic (exact) mass is 528 g/mol. The quantitative estimate of drug-likeness (QED) is 0.0699. The maximum absolute atomic E-state index is 2.61. The van der Waals surface area contributed by atoms with Crippen molar-refractivity contribution < 1.29 is 0 Å². The third kappa shape index (κ3) is 17.1. The first-order chi connectivity index (χ1) is 17.2. The highest BCUT2D eigenvalue weighted by molar-refractivity contribution is 7.77. The second kappa shape index (κ2) is 26.5. The first-order valence-electron chi connectivity index (χ1n) is 16.7. The van der Waals surface area contributed by atoms with Gasteiger partial charge in [-0.25, -0.2) is 0 Å². The number of rotatable bonds is 28. The topological polar surface area (TPSA) is 0 Å². The van der Waals surface area contributed by atoms with Crippen molar-refractivity contribution in [3.63, 3.8) is 0 Å². The average molecular weight is 529 g/mol. The van der Waals surface area contributed by atoms with Crippen molar-refractivity contribution in [2.45, 2.75) is 188 Å². The summed E-state index contributed by atoms with van der Waals surface area (Å²) < 4.78 is 0. The molecule has 0 amide bonds. The summed E-state index contributed by atoms with van der Waals surface area (Å²) in [4.78, 5) is 0.732. The van der Waals surface area contributed by atoms with Crippen molar-refractivity contribution >= 4 is 15.8 Å². The van der Waals surface area contributed by atoms with Gasteiger partial charge in [0.15, 0.2) is 0 Å². The lowest BCUT2D eigenvalue weighted by molar-refractivity contribution is 0.634. The van der Waals surface area contributed by atoms with Crippen molar-refractivity contribution in [3.05, 3.63) is 0 Å². The van der Waals surface area contributed by atoms with Crippen LogP contribution in [0.5, 0.6) is 0 Å². The van der Waals surface area contributed by atoms with Crippen molar-refractivity contribution in [2.75, 3.05) is 24.6 Å². The van der Waals surface area contributed by atoms with Gasteiger partial charge in [0.25, 0.3) is 0 Å². The molecule has 0 aliphatic heterocycles. The predicted molar refractivity (Wildman–Crippen MR) is 172 cm³/mol. The molecule has 0 N–H and O–H groups in total. The van der Waals surface area contributed by atoms with E-state index in [1.165, 1.54) is 141 Å². The molecule has 0 aliphatic rings.